The van der Waals surface area contributed by atoms with Crippen LogP contribution in [0.25, 0.3) is 0 Å². The molecule has 0 spiro atoms. The molecule has 1 aliphatic rings. The van der Waals surface area contributed by atoms with Gasteiger partial charge < -0.3 is 4.52 Å². The zero-order valence-electron chi connectivity index (χ0n) is 11.0. The van der Waals surface area contributed by atoms with Gasteiger partial charge in [0.05, 0.1) is 6.54 Å². The van der Waals surface area contributed by atoms with Gasteiger partial charge in [-0.25, -0.2) is 4.98 Å². The van der Waals surface area contributed by atoms with E-state index in [1.807, 2.05) is 4.90 Å². The van der Waals surface area contributed by atoms with Crippen molar-refractivity contribution in [3.63, 3.8) is 0 Å². The summed E-state index contributed by atoms with van der Waals surface area (Å²) in [6, 6.07) is 0. The van der Waals surface area contributed by atoms with Crippen molar-refractivity contribution in [2.24, 2.45) is 0 Å². The Bertz CT molecular complexity index is 581. The van der Waals surface area contributed by atoms with Crippen molar-refractivity contribution in [1.82, 2.24) is 30.2 Å². The molecule has 1 fully saturated rings. The van der Waals surface area contributed by atoms with E-state index in [9.17, 15) is 13.2 Å². The standard InChI is InChI=1S/C11H13F3N6O/c12-11(13,14)10-17-8(21-19-10)5-20-3-1-2-7(4-20)9-15-6-16-18-9/h6-7H,1-5H2,(H,15,16,18). The van der Waals surface area contributed by atoms with Gasteiger partial charge in [-0.05, 0) is 19.4 Å². The Morgan fingerprint density at radius 3 is 2.95 bits per heavy atom. The lowest BCUT2D eigenvalue weighted by Crippen LogP contribution is -2.34. The SMILES string of the molecule is FC(F)(F)c1noc(CN2CCCC(c3ncn[nH]3)C2)n1. The van der Waals surface area contributed by atoms with E-state index in [2.05, 4.69) is 29.8 Å². The molecule has 1 aliphatic heterocycles. The van der Waals surface area contributed by atoms with Gasteiger partial charge in [0, 0.05) is 12.5 Å². The zero-order valence-corrected chi connectivity index (χ0v) is 11.0. The maximum absolute atomic E-state index is 12.4. The van der Waals surface area contributed by atoms with Crippen LogP contribution < -0.4 is 0 Å². The summed E-state index contributed by atoms with van der Waals surface area (Å²) >= 11 is 0. The first kappa shape index (κ1) is 14.0. The number of likely N-dealkylation sites (tertiary alicyclic amines) is 1. The molecule has 3 rings (SSSR count). The summed E-state index contributed by atoms with van der Waals surface area (Å²) < 4.78 is 41.9. The molecule has 1 unspecified atom stereocenters. The molecule has 7 nitrogen and oxygen atoms in total. The third kappa shape index (κ3) is 3.20. The highest BCUT2D eigenvalue weighted by Crippen LogP contribution is 2.28. The van der Waals surface area contributed by atoms with Crippen molar-refractivity contribution in [1.29, 1.82) is 0 Å². The molecule has 0 aromatic carbocycles. The average molecular weight is 302 g/mol. The Kier molecular flexibility index (Phi) is 3.62. The van der Waals surface area contributed by atoms with Gasteiger partial charge in [0.2, 0.25) is 5.89 Å². The number of H-pyrrole nitrogens is 1. The third-order valence-electron chi connectivity index (χ3n) is 3.41. The molecule has 2 aromatic heterocycles. The van der Waals surface area contributed by atoms with Crippen LogP contribution in [0.3, 0.4) is 0 Å². The van der Waals surface area contributed by atoms with Crippen LogP contribution >= 0.6 is 0 Å². The number of aromatic nitrogens is 5. The number of halogens is 3. The monoisotopic (exact) mass is 302 g/mol. The predicted molar refractivity (Wildman–Crippen MR) is 62.9 cm³/mol. The highest BCUT2D eigenvalue weighted by atomic mass is 19.4. The topological polar surface area (TPSA) is 83.7 Å². The van der Waals surface area contributed by atoms with Gasteiger partial charge in [-0.3, -0.25) is 10.00 Å². The predicted octanol–water partition coefficient (Wildman–Crippen LogP) is 1.59. The van der Waals surface area contributed by atoms with E-state index in [0.29, 0.717) is 6.54 Å². The second kappa shape index (κ2) is 5.43. The summed E-state index contributed by atoms with van der Waals surface area (Å²) in [4.78, 5) is 9.48. The molecule has 2 aromatic rings. The fourth-order valence-corrected chi connectivity index (χ4v) is 2.46. The van der Waals surface area contributed by atoms with Gasteiger partial charge in [-0.1, -0.05) is 5.16 Å². The van der Waals surface area contributed by atoms with E-state index in [0.717, 1.165) is 25.2 Å². The van der Waals surface area contributed by atoms with E-state index in [4.69, 9.17) is 0 Å². The molecule has 0 radical (unpaired) electrons. The van der Waals surface area contributed by atoms with E-state index in [1.165, 1.54) is 6.33 Å². The van der Waals surface area contributed by atoms with Crippen LogP contribution in [0.15, 0.2) is 10.9 Å². The molecule has 0 amide bonds. The minimum absolute atomic E-state index is 0.0273. The summed E-state index contributed by atoms with van der Waals surface area (Å²) in [5.74, 6) is -0.283. The van der Waals surface area contributed by atoms with Crippen LogP contribution in [0.5, 0.6) is 0 Å². The minimum Gasteiger partial charge on any atom is -0.338 e. The number of nitrogens with one attached hydrogen (secondary N) is 1. The maximum atomic E-state index is 12.4. The Labute approximate surface area is 117 Å². The van der Waals surface area contributed by atoms with Gasteiger partial charge in [0.25, 0.3) is 5.82 Å². The van der Waals surface area contributed by atoms with E-state index >= 15 is 0 Å². The number of hydrogen-bond donors (Lipinski definition) is 1. The Morgan fingerprint density at radius 1 is 1.43 bits per heavy atom. The largest absolute Gasteiger partial charge is 0.455 e. The lowest BCUT2D eigenvalue weighted by atomic mass is 9.97. The highest BCUT2D eigenvalue weighted by molar-refractivity contribution is 4.98. The molecule has 3 heterocycles. The van der Waals surface area contributed by atoms with Crippen LogP contribution in [-0.4, -0.2) is 43.3 Å². The number of hydrogen-bond acceptors (Lipinski definition) is 6. The smallest absolute Gasteiger partial charge is 0.338 e. The molecule has 0 aliphatic carbocycles. The van der Waals surface area contributed by atoms with E-state index < -0.39 is 12.0 Å². The lowest BCUT2D eigenvalue weighted by molar-refractivity contribution is -0.146. The van der Waals surface area contributed by atoms with Gasteiger partial charge >= 0.3 is 6.18 Å². The average Bonchev–Trinajstić information content (AvgIpc) is 3.09. The number of piperidine rings is 1. The molecule has 1 N–H and O–H groups in total. The van der Waals surface area contributed by atoms with Crippen molar-refractivity contribution in [2.45, 2.75) is 31.5 Å². The van der Waals surface area contributed by atoms with E-state index in [1.54, 1.807) is 0 Å². The molecule has 21 heavy (non-hydrogen) atoms. The van der Waals surface area contributed by atoms with Gasteiger partial charge in [0.15, 0.2) is 0 Å². The summed E-state index contributed by atoms with van der Waals surface area (Å²) in [6.07, 6.45) is -1.25. The first-order valence-corrected chi connectivity index (χ1v) is 6.50. The Hall–Kier alpha value is -1.97. The van der Waals surface area contributed by atoms with Crippen molar-refractivity contribution in [3.8, 4) is 0 Å². The van der Waals surface area contributed by atoms with Crippen molar-refractivity contribution < 1.29 is 17.7 Å². The molecular weight excluding hydrogens is 289 g/mol. The number of nitrogens with zero attached hydrogens (tertiary/aromatic N) is 5. The molecule has 114 valence electrons. The molecule has 1 saturated heterocycles. The Morgan fingerprint density at radius 2 is 2.29 bits per heavy atom. The third-order valence-corrected chi connectivity index (χ3v) is 3.41. The van der Waals surface area contributed by atoms with Gasteiger partial charge in [-0.15, -0.1) is 0 Å². The molecule has 10 heteroatoms. The van der Waals surface area contributed by atoms with Crippen LogP contribution in [0.4, 0.5) is 13.2 Å². The summed E-state index contributed by atoms with van der Waals surface area (Å²) in [5.41, 5.74) is 0. The van der Waals surface area contributed by atoms with Crippen LogP contribution in [0, 0.1) is 0 Å². The summed E-state index contributed by atoms with van der Waals surface area (Å²) in [5, 5.41) is 9.60. The minimum atomic E-state index is -4.58. The number of alkyl halides is 3. The molecule has 1 atom stereocenters. The van der Waals surface area contributed by atoms with Crippen LogP contribution in [-0.2, 0) is 12.7 Å². The van der Waals surface area contributed by atoms with Crippen molar-refractivity contribution in [2.75, 3.05) is 13.1 Å². The van der Waals surface area contributed by atoms with Crippen molar-refractivity contribution >= 4 is 0 Å². The normalized spacial score (nSPS) is 20.8. The van der Waals surface area contributed by atoms with Gasteiger partial charge in [-0.2, -0.15) is 23.3 Å². The second-order valence-electron chi connectivity index (χ2n) is 4.95. The highest BCUT2D eigenvalue weighted by Gasteiger charge is 2.37. The van der Waals surface area contributed by atoms with Crippen molar-refractivity contribution in [3.05, 3.63) is 23.9 Å². The second-order valence-corrected chi connectivity index (χ2v) is 4.95. The lowest BCUT2D eigenvalue weighted by Gasteiger charge is -2.30. The number of rotatable bonds is 3. The first-order chi connectivity index (χ1) is 10.0. The fraction of sp³-hybridized carbons (Fsp3) is 0.636. The number of aromatic amines is 1. The first-order valence-electron chi connectivity index (χ1n) is 6.50. The zero-order chi connectivity index (χ0) is 14.9. The quantitative estimate of drug-likeness (QED) is 0.927. The Balaban J connectivity index is 1.63. The van der Waals surface area contributed by atoms with E-state index in [-0.39, 0.29) is 18.4 Å². The molecule has 0 bridgehead atoms. The van der Waals surface area contributed by atoms with Gasteiger partial charge in [0.1, 0.15) is 12.2 Å². The molecule has 0 saturated carbocycles. The maximum Gasteiger partial charge on any atom is 0.455 e. The summed E-state index contributed by atoms with van der Waals surface area (Å²) in [6.45, 7) is 1.64. The van der Waals surface area contributed by atoms with Crippen LogP contribution in [0.2, 0.25) is 0 Å². The molecular formula is C11H13F3N6O. The fourth-order valence-electron chi connectivity index (χ4n) is 2.46. The summed E-state index contributed by atoms with van der Waals surface area (Å²) in [7, 11) is 0. The van der Waals surface area contributed by atoms with Crippen LogP contribution in [0.1, 0.15) is 36.3 Å².